The van der Waals surface area contributed by atoms with Crippen molar-refractivity contribution in [2.24, 2.45) is 0 Å². The highest BCUT2D eigenvalue weighted by Crippen LogP contribution is 2.06. The lowest BCUT2D eigenvalue weighted by molar-refractivity contribution is 0.168. The number of nitrogens with zero attached hydrogens (tertiary/aromatic N) is 1. The molecule has 15 heavy (non-hydrogen) atoms. The molecule has 2 heteroatoms. The summed E-state index contributed by atoms with van der Waals surface area (Å²) in [6.45, 7) is 7.51. The van der Waals surface area contributed by atoms with Crippen molar-refractivity contribution in [3.63, 3.8) is 0 Å². The van der Waals surface area contributed by atoms with E-state index in [1.54, 1.807) is 0 Å². The minimum absolute atomic E-state index is 0.477. The number of nitriles is 1. The van der Waals surface area contributed by atoms with Crippen LogP contribution in [0.4, 0.5) is 0 Å². The zero-order valence-corrected chi connectivity index (χ0v) is 10.0. The Kier molecular flexibility index (Phi) is 8.81. The van der Waals surface area contributed by atoms with Gasteiger partial charge in [0.15, 0.2) is 0 Å². The van der Waals surface area contributed by atoms with E-state index in [0.29, 0.717) is 19.6 Å². The fourth-order valence-electron chi connectivity index (χ4n) is 1.09. The minimum atomic E-state index is 0.477. The molecule has 0 amide bonds. The van der Waals surface area contributed by atoms with E-state index in [9.17, 15) is 0 Å². The second-order valence-corrected chi connectivity index (χ2v) is 3.85. The molecule has 0 bridgehead atoms. The first kappa shape index (κ1) is 13.9. The van der Waals surface area contributed by atoms with Gasteiger partial charge >= 0.3 is 0 Å². The third kappa shape index (κ3) is 10.9. The summed E-state index contributed by atoms with van der Waals surface area (Å²) in [7, 11) is 0. The summed E-state index contributed by atoms with van der Waals surface area (Å²) >= 11 is 0. The Morgan fingerprint density at radius 1 is 1.27 bits per heavy atom. The van der Waals surface area contributed by atoms with Crippen molar-refractivity contribution in [3.05, 3.63) is 23.3 Å². The molecule has 0 radical (unpaired) electrons. The van der Waals surface area contributed by atoms with Gasteiger partial charge in [-0.1, -0.05) is 23.3 Å². The van der Waals surface area contributed by atoms with Gasteiger partial charge in [-0.25, -0.2) is 0 Å². The largest absolute Gasteiger partial charge is 0.376 e. The zero-order chi connectivity index (χ0) is 11.5. The van der Waals surface area contributed by atoms with Gasteiger partial charge < -0.3 is 4.74 Å². The SMILES string of the molecule is CC(C)=CCC/C(C)=C\COCCC#N. The van der Waals surface area contributed by atoms with Crippen LogP contribution in [0.1, 0.15) is 40.0 Å². The molecule has 0 saturated carbocycles. The highest BCUT2D eigenvalue weighted by Gasteiger charge is 1.89. The Balaban J connectivity index is 3.53. The third-order valence-electron chi connectivity index (χ3n) is 2.00. The summed E-state index contributed by atoms with van der Waals surface area (Å²) in [5.41, 5.74) is 2.72. The van der Waals surface area contributed by atoms with Crippen molar-refractivity contribution in [2.75, 3.05) is 13.2 Å². The first-order chi connectivity index (χ1) is 7.16. The van der Waals surface area contributed by atoms with Gasteiger partial charge in [0, 0.05) is 0 Å². The molecule has 0 spiro atoms. The summed E-state index contributed by atoms with van der Waals surface area (Å²) < 4.78 is 5.26. The predicted octanol–water partition coefficient (Wildman–Crippen LogP) is 3.61. The van der Waals surface area contributed by atoms with E-state index in [1.165, 1.54) is 11.1 Å². The summed E-state index contributed by atoms with van der Waals surface area (Å²) in [5, 5.41) is 8.29. The maximum Gasteiger partial charge on any atom is 0.0650 e. The van der Waals surface area contributed by atoms with Crippen LogP contribution in [0.2, 0.25) is 0 Å². The molecular weight excluding hydrogens is 186 g/mol. The molecule has 0 N–H and O–H groups in total. The average Bonchev–Trinajstić information content (AvgIpc) is 2.17. The third-order valence-corrected chi connectivity index (χ3v) is 2.00. The normalized spacial score (nSPS) is 10.9. The highest BCUT2D eigenvalue weighted by molar-refractivity contribution is 5.02. The van der Waals surface area contributed by atoms with Crippen LogP contribution < -0.4 is 0 Å². The first-order valence-electron chi connectivity index (χ1n) is 5.40. The van der Waals surface area contributed by atoms with Gasteiger partial charge in [-0.05, 0) is 33.6 Å². The summed E-state index contributed by atoms with van der Waals surface area (Å²) in [5.74, 6) is 0. The van der Waals surface area contributed by atoms with Gasteiger partial charge in [0.1, 0.15) is 0 Å². The van der Waals surface area contributed by atoms with Crippen LogP contribution in [-0.4, -0.2) is 13.2 Å². The lowest BCUT2D eigenvalue weighted by atomic mass is 10.1. The first-order valence-corrected chi connectivity index (χ1v) is 5.40. The second-order valence-electron chi connectivity index (χ2n) is 3.85. The number of allylic oxidation sites excluding steroid dienone is 3. The molecule has 0 aliphatic heterocycles. The Morgan fingerprint density at radius 2 is 2.00 bits per heavy atom. The van der Waals surface area contributed by atoms with E-state index in [0.717, 1.165) is 12.8 Å². The quantitative estimate of drug-likeness (QED) is 0.472. The van der Waals surface area contributed by atoms with Crippen LogP contribution in [0.5, 0.6) is 0 Å². The summed E-state index contributed by atoms with van der Waals surface area (Å²) in [6.07, 6.45) is 7.00. The molecule has 0 fully saturated rings. The molecule has 0 aliphatic carbocycles. The minimum Gasteiger partial charge on any atom is -0.376 e. The van der Waals surface area contributed by atoms with Crippen molar-refractivity contribution in [2.45, 2.75) is 40.0 Å². The van der Waals surface area contributed by atoms with Gasteiger partial charge in [-0.15, -0.1) is 0 Å². The van der Waals surface area contributed by atoms with Gasteiger partial charge in [-0.3, -0.25) is 0 Å². The lowest BCUT2D eigenvalue weighted by Crippen LogP contribution is -1.93. The fourth-order valence-corrected chi connectivity index (χ4v) is 1.09. The van der Waals surface area contributed by atoms with Crippen LogP contribution in [0, 0.1) is 11.3 Å². The molecule has 0 saturated heterocycles. The van der Waals surface area contributed by atoms with Crippen LogP contribution in [0.3, 0.4) is 0 Å². The molecule has 84 valence electrons. The Bertz CT molecular complexity index is 254. The molecule has 0 rings (SSSR count). The molecule has 0 aliphatic rings. The van der Waals surface area contributed by atoms with E-state index in [1.807, 2.05) is 6.07 Å². The van der Waals surface area contributed by atoms with E-state index in [4.69, 9.17) is 10.00 Å². The number of hydrogen-bond donors (Lipinski definition) is 0. The molecule has 0 atom stereocenters. The van der Waals surface area contributed by atoms with Gasteiger partial charge in [0.25, 0.3) is 0 Å². The van der Waals surface area contributed by atoms with Crippen molar-refractivity contribution in [1.29, 1.82) is 5.26 Å². The van der Waals surface area contributed by atoms with Crippen LogP contribution in [0.25, 0.3) is 0 Å². The standard InChI is InChI=1S/C13H21NO/c1-12(2)6-4-7-13(3)8-11-15-10-5-9-14/h6,8H,4-5,7,10-11H2,1-3H3/b13-8-. The average molecular weight is 207 g/mol. The number of ether oxygens (including phenoxy) is 1. The van der Waals surface area contributed by atoms with Crippen LogP contribution >= 0.6 is 0 Å². The van der Waals surface area contributed by atoms with E-state index >= 15 is 0 Å². The van der Waals surface area contributed by atoms with E-state index < -0.39 is 0 Å². The maximum absolute atomic E-state index is 8.29. The number of hydrogen-bond acceptors (Lipinski definition) is 2. The molecule has 0 heterocycles. The van der Waals surface area contributed by atoms with E-state index in [2.05, 4.69) is 32.9 Å². The molecular formula is C13H21NO. The van der Waals surface area contributed by atoms with Crippen LogP contribution in [-0.2, 0) is 4.74 Å². The number of rotatable bonds is 7. The van der Waals surface area contributed by atoms with Gasteiger partial charge in [0.2, 0.25) is 0 Å². The molecule has 2 nitrogen and oxygen atoms in total. The molecule has 0 aromatic rings. The Labute approximate surface area is 93.2 Å². The second kappa shape index (κ2) is 9.48. The maximum atomic E-state index is 8.29. The van der Waals surface area contributed by atoms with Gasteiger partial charge in [-0.2, -0.15) is 5.26 Å². The van der Waals surface area contributed by atoms with E-state index in [-0.39, 0.29) is 0 Å². The summed E-state index contributed by atoms with van der Waals surface area (Å²) in [6, 6.07) is 2.05. The molecule has 0 aromatic carbocycles. The van der Waals surface area contributed by atoms with Crippen molar-refractivity contribution in [3.8, 4) is 6.07 Å². The van der Waals surface area contributed by atoms with Crippen molar-refractivity contribution < 1.29 is 4.74 Å². The van der Waals surface area contributed by atoms with Crippen molar-refractivity contribution >= 4 is 0 Å². The summed E-state index contributed by atoms with van der Waals surface area (Å²) in [4.78, 5) is 0. The lowest BCUT2D eigenvalue weighted by Gasteiger charge is -2.00. The topological polar surface area (TPSA) is 33.0 Å². The smallest absolute Gasteiger partial charge is 0.0650 e. The van der Waals surface area contributed by atoms with Crippen LogP contribution in [0.15, 0.2) is 23.3 Å². The van der Waals surface area contributed by atoms with Gasteiger partial charge in [0.05, 0.1) is 25.7 Å². The fraction of sp³-hybridized carbons (Fsp3) is 0.615. The Hall–Kier alpha value is -1.07. The zero-order valence-electron chi connectivity index (χ0n) is 10.0. The predicted molar refractivity (Wildman–Crippen MR) is 63.5 cm³/mol. The highest BCUT2D eigenvalue weighted by atomic mass is 16.5. The van der Waals surface area contributed by atoms with Crippen molar-refractivity contribution in [1.82, 2.24) is 0 Å². The molecule has 0 aromatic heterocycles. The molecule has 0 unspecified atom stereocenters. The monoisotopic (exact) mass is 207 g/mol. The Morgan fingerprint density at radius 3 is 2.60 bits per heavy atom.